The van der Waals surface area contributed by atoms with Crippen molar-refractivity contribution in [2.45, 2.75) is 26.2 Å². The minimum Gasteiger partial charge on any atom is -0.380 e. The quantitative estimate of drug-likeness (QED) is 0.913. The van der Waals surface area contributed by atoms with E-state index in [1.807, 2.05) is 31.2 Å². The molecule has 0 aliphatic carbocycles. The Hall–Kier alpha value is -1.59. The van der Waals surface area contributed by atoms with Crippen molar-refractivity contribution < 1.29 is 14.3 Å². The van der Waals surface area contributed by atoms with Gasteiger partial charge in [-0.1, -0.05) is 24.3 Å². The number of urea groups is 1. The highest BCUT2D eigenvalue weighted by atomic mass is 16.5. The fourth-order valence-corrected chi connectivity index (χ4v) is 2.29. The van der Waals surface area contributed by atoms with Crippen LogP contribution in [0.4, 0.5) is 4.79 Å². The molecule has 5 heteroatoms. The molecule has 1 heterocycles. The number of nitrogens with zero attached hydrogens (tertiary/aromatic N) is 1. The third-order valence-electron chi connectivity index (χ3n) is 3.27. The number of morpholine rings is 1. The van der Waals surface area contributed by atoms with Crippen LogP contribution in [0.3, 0.4) is 0 Å². The van der Waals surface area contributed by atoms with Gasteiger partial charge in [-0.15, -0.1) is 0 Å². The van der Waals surface area contributed by atoms with Gasteiger partial charge in [0.1, 0.15) is 0 Å². The molecule has 1 fully saturated rings. The molecule has 0 radical (unpaired) electrons. The normalized spacial score (nSPS) is 18.9. The molecule has 1 atom stereocenters. The van der Waals surface area contributed by atoms with Crippen molar-refractivity contribution >= 4 is 6.03 Å². The van der Waals surface area contributed by atoms with E-state index in [0.29, 0.717) is 32.8 Å². The number of nitrogens with one attached hydrogen (secondary N) is 1. The third-order valence-corrected chi connectivity index (χ3v) is 3.27. The van der Waals surface area contributed by atoms with Gasteiger partial charge in [-0.25, -0.2) is 4.79 Å². The zero-order valence-corrected chi connectivity index (χ0v) is 12.1. The number of methoxy groups -OCH3 is 1. The molecule has 1 saturated heterocycles. The number of amides is 2. The lowest BCUT2D eigenvalue weighted by molar-refractivity contribution is -0.00351. The largest absolute Gasteiger partial charge is 0.380 e. The Balaban J connectivity index is 1.85. The van der Waals surface area contributed by atoms with Gasteiger partial charge in [-0.05, 0) is 18.1 Å². The monoisotopic (exact) mass is 278 g/mol. The number of benzene rings is 1. The summed E-state index contributed by atoms with van der Waals surface area (Å²) in [6, 6.07) is 8.01. The molecule has 0 spiro atoms. The Kier molecular flexibility index (Phi) is 5.38. The summed E-state index contributed by atoms with van der Waals surface area (Å²) in [5.41, 5.74) is 2.19. The predicted molar refractivity (Wildman–Crippen MR) is 76.4 cm³/mol. The van der Waals surface area contributed by atoms with E-state index in [2.05, 4.69) is 5.32 Å². The highest BCUT2D eigenvalue weighted by Gasteiger charge is 2.20. The number of hydrogen-bond donors (Lipinski definition) is 1. The molecule has 2 amide bonds. The fraction of sp³-hybridized carbons (Fsp3) is 0.533. The minimum absolute atomic E-state index is 0.0303. The van der Waals surface area contributed by atoms with E-state index < -0.39 is 0 Å². The third kappa shape index (κ3) is 4.21. The highest BCUT2D eigenvalue weighted by molar-refractivity contribution is 5.74. The molecule has 110 valence electrons. The number of hydrogen-bond acceptors (Lipinski definition) is 3. The lowest BCUT2D eigenvalue weighted by Gasteiger charge is -2.31. The van der Waals surface area contributed by atoms with Gasteiger partial charge in [0.25, 0.3) is 0 Å². The summed E-state index contributed by atoms with van der Waals surface area (Å²) in [7, 11) is 1.67. The van der Waals surface area contributed by atoms with Gasteiger partial charge in [0.15, 0.2) is 0 Å². The maximum atomic E-state index is 12.1. The highest BCUT2D eigenvalue weighted by Crippen LogP contribution is 2.08. The molecule has 0 aromatic heterocycles. The van der Waals surface area contributed by atoms with E-state index in [0.717, 1.165) is 11.1 Å². The number of ether oxygens (including phenoxy) is 2. The van der Waals surface area contributed by atoms with Crippen LogP contribution >= 0.6 is 0 Å². The minimum atomic E-state index is -0.0303. The molecule has 1 aliphatic rings. The summed E-state index contributed by atoms with van der Waals surface area (Å²) in [6.07, 6.45) is 0.111. The zero-order chi connectivity index (χ0) is 14.4. The maximum Gasteiger partial charge on any atom is 0.317 e. The van der Waals surface area contributed by atoms with Crippen molar-refractivity contribution in [3.05, 3.63) is 35.4 Å². The second kappa shape index (κ2) is 7.26. The van der Waals surface area contributed by atoms with E-state index in [9.17, 15) is 4.79 Å². The summed E-state index contributed by atoms with van der Waals surface area (Å²) in [6.45, 7) is 5.01. The molecule has 0 saturated carbocycles. The Labute approximate surface area is 119 Å². The van der Waals surface area contributed by atoms with Crippen LogP contribution in [0.2, 0.25) is 0 Å². The predicted octanol–water partition coefficient (Wildman–Crippen LogP) is 1.76. The van der Waals surface area contributed by atoms with Gasteiger partial charge in [0, 0.05) is 26.7 Å². The average molecular weight is 278 g/mol. The average Bonchev–Trinajstić information content (AvgIpc) is 2.45. The molecule has 5 nitrogen and oxygen atoms in total. The van der Waals surface area contributed by atoms with Crippen LogP contribution in [0.5, 0.6) is 0 Å². The van der Waals surface area contributed by atoms with E-state index in [4.69, 9.17) is 9.47 Å². The van der Waals surface area contributed by atoms with Crippen molar-refractivity contribution in [2.75, 3.05) is 26.8 Å². The van der Waals surface area contributed by atoms with Crippen molar-refractivity contribution in [3.8, 4) is 0 Å². The summed E-state index contributed by atoms with van der Waals surface area (Å²) in [5.74, 6) is 0. The van der Waals surface area contributed by atoms with Crippen LogP contribution in [0.1, 0.15) is 18.1 Å². The van der Waals surface area contributed by atoms with Gasteiger partial charge < -0.3 is 19.7 Å². The Morgan fingerprint density at radius 1 is 1.50 bits per heavy atom. The van der Waals surface area contributed by atoms with Crippen LogP contribution in [0.15, 0.2) is 24.3 Å². The second-order valence-electron chi connectivity index (χ2n) is 5.04. The molecule has 1 aromatic rings. The van der Waals surface area contributed by atoms with E-state index in [-0.39, 0.29) is 12.1 Å². The summed E-state index contributed by atoms with van der Waals surface area (Å²) in [5, 5.41) is 2.95. The smallest absolute Gasteiger partial charge is 0.317 e. The lowest BCUT2D eigenvalue weighted by Crippen LogP contribution is -2.48. The summed E-state index contributed by atoms with van der Waals surface area (Å²) in [4.78, 5) is 13.9. The first kappa shape index (κ1) is 14.8. The van der Waals surface area contributed by atoms with Crippen molar-refractivity contribution in [1.29, 1.82) is 0 Å². The van der Waals surface area contributed by atoms with Gasteiger partial charge in [-0.3, -0.25) is 0 Å². The number of rotatable bonds is 4. The van der Waals surface area contributed by atoms with Crippen LogP contribution in [0, 0.1) is 0 Å². The van der Waals surface area contributed by atoms with Gasteiger partial charge >= 0.3 is 6.03 Å². The molecular formula is C15H22N2O3. The van der Waals surface area contributed by atoms with Gasteiger partial charge in [0.2, 0.25) is 0 Å². The van der Waals surface area contributed by atoms with Gasteiger partial charge in [0.05, 0.1) is 19.3 Å². The first-order valence-electron chi connectivity index (χ1n) is 6.90. The topological polar surface area (TPSA) is 50.8 Å². The molecule has 1 aliphatic heterocycles. The molecule has 1 N–H and O–H groups in total. The zero-order valence-electron chi connectivity index (χ0n) is 12.1. The lowest BCUT2D eigenvalue weighted by atomic mass is 10.1. The SMILES string of the molecule is COCc1cccc(CNC(=O)N2CCOC(C)C2)c1. The van der Waals surface area contributed by atoms with E-state index >= 15 is 0 Å². The Morgan fingerprint density at radius 2 is 2.30 bits per heavy atom. The Bertz CT molecular complexity index is 450. The molecule has 1 unspecified atom stereocenters. The molecule has 0 bridgehead atoms. The van der Waals surface area contributed by atoms with Crippen LogP contribution in [-0.2, 0) is 22.6 Å². The van der Waals surface area contributed by atoms with E-state index in [1.165, 1.54) is 0 Å². The summed E-state index contributed by atoms with van der Waals surface area (Å²) < 4.78 is 10.5. The number of carbonyl (C=O) groups excluding carboxylic acids is 1. The van der Waals surface area contributed by atoms with Gasteiger partial charge in [-0.2, -0.15) is 0 Å². The van der Waals surface area contributed by atoms with E-state index in [1.54, 1.807) is 12.0 Å². The summed E-state index contributed by atoms with van der Waals surface area (Å²) >= 11 is 0. The van der Waals surface area contributed by atoms with Crippen molar-refractivity contribution in [2.24, 2.45) is 0 Å². The Morgan fingerprint density at radius 3 is 3.05 bits per heavy atom. The number of carbonyl (C=O) groups is 1. The molecule has 1 aromatic carbocycles. The van der Waals surface area contributed by atoms with Crippen molar-refractivity contribution in [3.63, 3.8) is 0 Å². The first-order chi connectivity index (χ1) is 9.69. The first-order valence-corrected chi connectivity index (χ1v) is 6.90. The standard InChI is InChI=1S/C15H22N2O3/c1-12-10-17(6-7-20-12)15(18)16-9-13-4-3-5-14(8-13)11-19-2/h3-5,8,12H,6-7,9-11H2,1-2H3,(H,16,18). The van der Waals surface area contributed by atoms with Crippen molar-refractivity contribution in [1.82, 2.24) is 10.2 Å². The maximum absolute atomic E-state index is 12.1. The van der Waals surface area contributed by atoms with Crippen LogP contribution in [0.25, 0.3) is 0 Å². The fourth-order valence-electron chi connectivity index (χ4n) is 2.29. The molecular weight excluding hydrogens is 256 g/mol. The molecule has 2 rings (SSSR count). The van der Waals surface area contributed by atoms with Crippen LogP contribution in [-0.4, -0.2) is 43.8 Å². The molecule has 20 heavy (non-hydrogen) atoms. The second-order valence-corrected chi connectivity index (χ2v) is 5.04. The van der Waals surface area contributed by atoms with Crippen LogP contribution < -0.4 is 5.32 Å².